The van der Waals surface area contributed by atoms with Crippen molar-refractivity contribution in [1.29, 1.82) is 0 Å². The van der Waals surface area contributed by atoms with Gasteiger partial charge >= 0.3 is 6.09 Å². The lowest BCUT2D eigenvalue weighted by molar-refractivity contribution is 0.0266. The molecule has 5 nitrogen and oxygen atoms in total. The van der Waals surface area contributed by atoms with Gasteiger partial charge in [0.05, 0.1) is 11.4 Å². The van der Waals surface area contributed by atoms with Gasteiger partial charge in [0.1, 0.15) is 5.60 Å². The number of hydrogen-bond donors (Lipinski definition) is 1. The Balaban J connectivity index is 1.91. The van der Waals surface area contributed by atoms with E-state index in [-0.39, 0.29) is 6.09 Å². The van der Waals surface area contributed by atoms with E-state index in [1.807, 2.05) is 88.4 Å². The molecule has 0 fully saturated rings. The first-order chi connectivity index (χ1) is 15.1. The van der Waals surface area contributed by atoms with Crippen LogP contribution in [0.5, 0.6) is 0 Å². The molecule has 1 heterocycles. The third-order valence-electron chi connectivity index (χ3n) is 5.06. The van der Waals surface area contributed by atoms with Gasteiger partial charge in [-0.25, -0.2) is 9.79 Å². The molecule has 1 aliphatic rings. The molecule has 2 N–H and O–H groups in total. The maximum absolute atomic E-state index is 12.4. The number of ether oxygens (including phenoxy) is 1. The lowest BCUT2D eigenvalue weighted by Crippen LogP contribution is -2.39. The largest absolute Gasteiger partial charge is 0.444 e. The number of rotatable bonds is 4. The van der Waals surface area contributed by atoms with Crippen LogP contribution in [0.25, 0.3) is 0 Å². The molecule has 0 spiro atoms. The van der Waals surface area contributed by atoms with Gasteiger partial charge < -0.3 is 15.4 Å². The second-order valence-electron chi connectivity index (χ2n) is 8.75. The van der Waals surface area contributed by atoms with Gasteiger partial charge in [-0.3, -0.25) is 0 Å². The van der Waals surface area contributed by atoms with Crippen molar-refractivity contribution in [3.8, 4) is 0 Å². The van der Waals surface area contributed by atoms with Gasteiger partial charge in [-0.2, -0.15) is 0 Å². The fourth-order valence-corrected chi connectivity index (χ4v) is 3.60. The molecule has 1 amide bonds. The summed E-state index contributed by atoms with van der Waals surface area (Å²) in [6.45, 7) is 8.58. The van der Waals surface area contributed by atoms with Crippen LogP contribution >= 0.6 is 11.6 Å². The molecular weight excluding hydrogens is 422 g/mol. The number of carbonyl (C=O) groups is 1. The van der Waals surface area contributed by atoms with E-state index < -0.39 is 5.60 Å². The minimum Gasteiger partial charge on any atom is -0.444 e. The number of hydrogen-bond acceptors (Lipinski definition) is 4. The Morgan fingerprint density at radius 2 is 1.84 bits per heavy atom. The van der Waals surface area contributed by atoms with Crippen LogP contribution in [0, 0.1) is 0 Å². The molecule has 2 aromatic carbocycles. The molecule has 3 rings (SSSR count). The monoisotopic (exact) mass is 451 g/mol. The highest BCUT2D eigenvalue weighted by molar-refractivity contribution is 6.31. The van der Waals surface area contributed by atoms with Crippen LogP contribution in [-0.4, -0.2) is 35.4 Å². The predicted molar refractivity (Wildman–Crippen MR) is 131 cm³/mol. The van der Waals surface area contributed by atoms with Crippen LogP contribution in [0.15, 0.2) is 82.5 Å². The summed E-state index contributed by atoms with van der Waals surface area (Å²) in [5.74, 6) is 0. The van der Waals surface area contributed by atoms with E-state index in [9.17, 15) is 4.79 Å². The van der Waals surface area contributed by atoms with Gasteiger partial charge in [-0.15, -0.1) is 0 Å². The summed E-state index contributed by atoms with van der Waals surface area (Å²) in [6.07, 6.45) is 2.33. The molecular formula is C26H30ClN3O2. The second-order valence-corrected chi connectivity index (χ2v) is 9.19. The number of amides is 1. The summed E-state index contributed by atoms with van der Waals surface area (Å²) in [5.41, 5.74) is 11.1. The van der Waals surface area contributed by atoms with Gasteiger partial charge in [0.25, 0.3) is 0 Å². The highest BCUT2D eigenvalue weighted by Gasteiger charge is 2.24. The number of allylic oxidation sites excluding steroid dienone is 2. The minimum atomic E-state index is -0.518. The molecule has 6 heteroatoms. The van der Waals surface area contributed by atoms with Crippen LogP contribution in [-0.2, 0) is 4.74 Å². The van der Waals surface area contributed by atoms with Gasteiger partial charge in [-0.05, 0) is 69.5 Å². The van der Waals surface area contributed by atoms with Crippen molar-refractivity contribution in [1.82, 2.24) is 4.90 Å². The summed E-state index contributed by atoms with van der Waals surface area (Å²) in [5, 5.41) is 0.638. The number of benzene rings is 2. The summed E-state index contributed by atoms with van der Waals surface area (Å²) >= 11 is 6.25. The minimum absolute atomic E-state index is 0.308. The summed E-state index contributed by atoms with van der Waals surface area (Å²) in [4.78, 5) is 18.9. The third-order valence-corrected chi connectivity index (χ3v) is 5.30. The van der Waals surface area contributed by atoms with Crippen LogP contribution in [0.4, 0.5) is 10.5 Å². The Labute approximate surface area is 195 Å². The van der Waals surface area contributed by atoms with E-state index >= 15 is 0 Å². The van der Waals surface area contributed by atoms with Crippen LogP contribution in [0.3, 0.4) is 0 Å². The topological polar surface area (TPSA) is 67.9 Å². The number of carbonyl (C=O) groups excluding carboxylic acids is 1. The molecule has 0 atom stereocenters. The first-order valence-corrected chi connectivity index (χ1v) is 11.1. The molecule has 32 heavy (non-hydrogen) atoms. The predicted octanol–water partition coefficient (Wildman–Crippen LogP) is 6.26. The summed E-state index contributed by atoms with van der Waals surface area (Å²) in [6, 6.07) is 17.4. The van der Waals surface area contributed by atoms with E-state index in [1.54, 1.807) is 4.90 Å². The molecule has 1 aliphatic heterocycles. The molecule has 0 saturated carbocycles. The van der Waals surface area contributed by atoms with Crippen molar-refractivity contribution in [2.75, 3.05) is 13.1 Å². The van der Waals surface area contributed by atoms with Crippen molar-refractivity contribution in [3.63, 3.8) is 0 Å². The van der Waals surface area contributed by atoms with E-state index in [2.05, 4.69) is 0 Å². The SMILES string of the molecule is C/C(C(=Nc1ccccc1)c1cccc(Cl)c1)=C(/N)C1=CCN(C(=O)OC(C)(C)C)CC1. The van der Waals surface area contributed by atoms with Crippen molar-refractivity contribution in [2.45, 2.75) is 39.7 Å². The highest BCUT2D eigenvalue weighted by Crippen LogP contribution is 2.25. The molecule has 0 aromatic heterocycles. The average molecular weight is 452 g/mol. The summed E-state index contributed by atoms with van der Waals surface area (Å²) in [7, 11) is 0. The van der Waals surface area contributed by atoms with Gasteiger partial charge in [-0.1, -0.05) is 48.0 Å². The number of aliphatic imine (C=N–C) groups is 1. The van der Waals surface area contributed by atoms with E-state index in [0.29, 0.717) is 30.2 Å². The van der Waals surface area contributed by atoms with E-state index in [4.69, 9.17) is 27.1 Å². The normalized spacial score (nSPS) is 15.7. The zero-order valence-corrected chi connectivity index (χ0v) is 19.8. The zero-order valence-electron chi connectivity index (χ0n) is 19.1. The smallest absolute Gasteiger partial charge is 0.410 e. The zero-order chi connectivity index (χ0) is 23.3. The number of para-hydroxylation sites is 1. The Morgan fingerprint density at radius 3 is 2.44 bits per heavy atom. The molecule has 2 aromatic rings. The molecule has 168 valence electrons. The Hall–Kier alpha value is -3.05. The Morgan fingerprint density at radius 1 is 1.12 bits per heavy atom. The number of nitrogens with zero attached hydrogens (tertiary/aromatic N) is 2. The molecule has 0 radical (unpaired) electrons. The fraction of sp³-hybridized carbons (Fsp3) is 0.308. The van der Waals surface area contributed by atoms with Gasteiger partial charge in [0, 0.05) is 29.4 Å². The molecule has 0 saturated heterocycles. The van der Waals surface area contributed by atoms with Gasteiger partial charge in [0.2, 0.25) is 0 Å². The van der Waals surface area contributed by atoms with Crippen molar-refractivity contribution in [3.05, 3.63) is 88.1 Å². The maximum atomic E-state index is 12.4. The lowest BCUT2D eigenvalue weighted by Gasteiger charge is -2.30. The van der Waals surface area contributed by atoms with E-state index in [1.165, 1.54) is 0 Å². The molecule has 0 aliphatic carbocycles. The summed E-state index contributed by atoms with van der Waals surface area (Å²) < 4.78 is 5.48. The molecule has 0 unspecified atom stereocenters. The van der Waals surface area contributed by atoms with Crippen molar-refractivity contribution >= 4 is 29.1 Å². The van der Waals surface area contributed by atoms with Crippen LogP contribution in [0.2, 0.25) is 5.02 Å². The fourth-order valence-electron chi connectivity index (χ4n) is 3.41. The third kappa shape index (κ3) is 6.24. The van der Waals surface area contributed by atoms with Crippen molar-refractivity contribution in [2.24, 2.45) is 10.7 Å². The van der Waals surface area contributed by atoms with Crippen LogP contribution in [0.1, 0.15) is 39.7 Å². The average Bonchev–Trinajstić information content (AvgIpc) is 2.76. The Kier molecular flexibility index (Phi) is 7.41. The quantitative estimate of drug-likeness (QED) is 0.557. The molecule has 0 bridgehead atoms. The van der Waals surface area contributed by atoms with Crippen LogP contribution < -0.4 is 5.73 Å². The maximum Gasteiger partial charge on any atom is 0.410 e. The highest BCUT2D eigenvalue weighted by atomic mass is 35.5. The van der Waals surface area contributed by atoms with Crippen molar-refractivity contribution < 1.29 is 9.53 Å². The standard InChI is InChI=1S/C26H30ClN3O2/c1-18(23(28)19-13-15-30(16-14-19)25(31)32-26(2,3)4)24(20-9-8-10-21(27)17-20)29-22-11-6-5-7-12-22/h5-13,17H,14-16,28H2,1-4H3/b23-18-,29-24?. The first-order valence-electron chi connectivity index (χ1n) is 10.7. The first kappa shape index (κ1) is 23.6. The number of nitrogens with two attached hydrogens (primary N) is 1. The van der Waals surface area contributed by atoms with Gasteiger partial charge in [0.15, 0.2) is 0 Å². The second kappa shape index (κ2) is 10.0. The van der Waals surface area contributed by atoms with E-state index in [0.717, 1.165) is 28.1 Å². The lowest BCUT2D eigenvalue weighted by atomic mass is 9.96. The Bertz CT molecular complexity index is 1070. The number of halogens is 1.